The predicted molar refractivity (Wildman–Crippen MR) is 58.8 cm³/mol. The molecule has 0 heterocycles. The van der Waals surface area contributed by atoms with Crippen LogP contribution in [0.1, 0.15) is 0 Å². The lowest BCUT2D eigenvalue weighted by molar-refractivity contribution is -0.462. The number of rotatable bonds is 8. The van der Waals surface area contributed by atoms with Crippen molar-refractivity contribution in [2.24, 2.45) is 0 Å². The molecule has 0 aliphatic carbocycles. The van der Waals surface area contributed by atoms with E-state index < -0.39 is 68.0 Å². The van der Waals surface area contributed by atoms with E-state index in [0.29, 0.717) is 0 Å². The van der Waals surface area contributed by atoms with Crippen LogP contribution in [0.25, 0.3) is 0 Å². The van der Waals surface area contributed by atoms with Crippen molar-refractivity contribution in [1.29, 1.82) is 0 Å². The molecule has 0 aromatic rings. The fraction of sp³-hybridized carbons (Fsp3) is 1.00. The fourth-order valence-corrected chi connectivity index (χ4v) is 2.04. The van der Waals surface area contributed by atoms with Crippen molar-refractivity contribution < 1.29 is 96.2 Å². The first-order valence-corrected chi connectivity index (χ1v) is 8.00. The van der Waals surface area contributed by atoms with Crippen LogP contribution in [0.15, 0.2) is 0 Å². The second-order valence-electron chi connectivity index (χ2n) is 5.57. The van der Waals surface area contributed by atoms with Crippen molar-refractivity contribution in [1.82, 2.24) is 4.72 Å². The highest BCUT2D eigenvalue weighted by Crippen LogP contribution is 2.63. The van der Waals surface area contributed by atoms with Crippen molar-refractivity contribution >= 4 is 10.0 Å². The van der Waals surface area contributed by atoms with Crippen LogP contribution in [0.3, 0.4) is 0 Å². The first-order chi connectivity index (χ1) is 13.7. The van der Waals surface area contributed by atoms with E-state index >= 15 is 0 Å². The lowest BCUT2D eigenvalue weighted by Crippen LogP contribution is -2.76. The lowest BCUT2D eigenvalue weighted by Gasteiger charge is -2.42. The minimum Gasteiger partial charge on any atom is -0.203 e. The van der Waals surface area contributed by atoms with Gasteiger partial charge in [0.05, 0.1) is 0 Å². The molecule has 33 heavy (non-hydrogen) atoms. The van der Waals surface area contributed by atoms with Gasteiger partial charge in [-0.15, -0.1) is 4.72 Å². The van der Waals surface area contributed by atoms with Gasteiger partial charge in [0.15, 0.2) is 0 Å². The van der Waals surface area contributed by atoms with E-state index in [1.165, 1.54) is 0 Å². The quantitative estimate of drug-likeness (QED) is 0.316. The molecule has 0 amide bonds. The number of hydrogen-bond acceptors (Lipinski definition) is 2. The van der Waals surface area contributed by atoms with Crippen LogP contribution in [-0.4, -0.2) is 61.7 Å². The number of halogens is 20. The minimum absolute atomic E-state index is 1.67. The Kier molecular flexibility index (Phi) is 7.16. The summed E-state index contributed by atoms with van der Waals surface area (Å²) in [5.74, 6) is -52.8. The average Bonchev–Trinajstić information content (AvgIpc) is 2.50. The maximum absolute atomic E-state index is 13.2. The maximum atomic E-state index is 13.2. The van der Waals surface area contributed by atoms with E-state index in [-0.39, 0.29) is 0 Å². The normalized spacial score (nSPS) is 16.8. The Morgan fingerprint density at radius 3 is 0.879 bits per heavy atom. The Hall–Kier alpha value is -1.49. The number of alkyl halides is 20. The van der Waals surface area contributed by atoms with Gasteiger partial charge in [0.1, 0.15) is 0 Å². The highest BCUT2D eigenvalue weighted by atomic mass is 32.2. The Balaban J connectivity index is 6.83. The van der Waals surface area contributed by atoms with Crippen LogP contribution < -0.4 is 4.72 Å². The fourth-order valence-electron chi connectivity index (χ4n) is 1.45. The Bertz CT molecular complexity index is 835. The second-order valence-corrected chi connectivity index (χ2v) is 7.24. The van der Waals surface area contributed by atoms with Gasteiger partial charge in [0.25, 0.3) is 0 Å². The molecule has 0 radical (unpaired) electrons. The summed E-state index contributed by atoms with van der Waals surface area (Å²) in [6.07, 6.45) is -7.97. The summed E-state index contributed by atoms with van der Waals surface area (Å²) in [5.41, 5.74) is -7.10. The van der Waals surface area contributed by atoms with Crippen LogP contribution in [-0.2, 0) is 10.0 Å². The molecule has 0 saturated carbocycles. The summed E-state index contributed by atoms with van der Waals surface area (Å²) in [6, 6.07) is -7.92. The van der Waals surface area contributed by atoms with Crippen LogP contribution >= 0.6 is 0 Å². The molecule has 0 saturated heterocycles. The topological polar surface area (TPSA) is 46.2 Å². The summed E-state index contributed by atoms with van der Waals surface area (Å²) < 4.78 is 272. The lowest BCUT2D eigenvalue weighted by atomic mass is 9.90. The Labute approximate surface area is 165 Å². The molecule has 24 heteroatoms. The summed E-state index contributed by atoms with van der Waals surface area (Å²) in [6.45, 7) is 0. The molecule has 0 fully saturated rings. The van der Waals surface area contributed by atoms with Crippen molar-refractivity contribution in [3.63, 3.8) is 0 Å². The first kappa shape index (κ1) is 31.5. The Morgan fingerprint density at radius 1 is 0.394 bits per heavy atom. The van der Waals surface area contributed by atoms with Gasteiger partial charge in [-0.2, -0.15) is 87.8 Å². The van der Waals surface area contributed by atoms with E-state index in [2.05, 4.69) is 0 Å². The third-order valence-corrected chi connectivity index (χ3v) is 4.42. The summed E-state index contributed by atoms with van der Waals surface area (Å²) in [4.78, 5) is 0. The molecule has 0 rings (SSSR count). The van der Waals surface area contributed by atoms with E-state index in [9.17, 15) is 96.2 Å². The van der Waals surface area contributed by atoms with Crippen molar-refractivity contribution in [3.05, 3.63) is 0 Å². The monoisotopic (exact) mass is 567 g/mol. The standard InChI is InChI=1S/C9HF20NO2S/c10-1(11,3(14,15)5(18,19)7(22,23)24)2(12,13)4(16,17)6(20,21)8(25,26)30-33(31,32)9(27,28)29/h30H. The molecular formula is C9HF20NO2S. The predicted octanol–water partition coefficient (Wildman–Crippen LogP) is 5.39. The molecule has 200 valence electrons. The van der Waals surface area contributed by atoms with Crippen LogP contribution in [0.2, 0.25) is 0 Å². The Morgan fingerprint density at radius 2 is 0.636 bits per heavy atom. The molecular weight excluding hydrogens is 566 g/mol. The summed E-state index contributed by atoms with van der Waals surface area (Å²) >= 11 is 0. The SMILES string of the molecule is O=S(=O)(NC(F)(F)C(F)(F)C(F)(F)C(F)(F)C(F)(F)C(F)(F)C(F)(F)C(F)(F)F)C(F)(F)F. The highest BCUT2D eigenvalue weighted by Gasteiger charge is 2.95. The molecule has 0 atom stereocenters. The van der Waals surface area contributed by atoms with Gasteiger partial charge in [-0.05, 0) is 0 Å². The summed E-state index contributed by atoms with van der Waals surface area (Å²) in [5, 5.41) is 0. The van der Waals surface area contributed by atoms with Gasteiger partial charge in [-0.25, -0.2) is 8.42 Å². The molecule has 0 aliphatic heterocycles. The minimum atomic E-state index is -9.05. The van der Waals surface area contributed by atoms with Crippen LogP contribution in [0.5, 0.6) is 0 Å². The van der Waals surface area contributed by atoms with Crippen LogP contribution in [0.4, 0.5) is 87.8 Å². The van der Waals surface area contributed by atoms with Gasteiger partial charge < -0.3 is 0 Å². The molecule has 1 N–H and O–H groups in total. The van der Waals surface area contributed by atoms with Gasteiger partial charge in [-0.3, -0.25) is 0 Å². The van der Waals surface area contributed by atoms with E-state index in [4.69, 9.17) is 0 Å². The molecule has 0 bridgehead atoms. The van der Waals surface area contributed by atoms with Gasteiger partial charge in [-0.1, -0.05) is 0 Å². The molecule has 0 aromatic heterocycles. The largest absolute Gasteiger partial charge is 0.511 e. The van der Waals surface area contributed by atoms with Gasteiger partial charge in [0, 0.05) is 0 Å². The number of hydrogen-bond donors (Lipinski definition) is 1. The van der Waals surface area contributed by atoms with Crippen molar-refractivity contribution in [2.45, 2.75) is 53.3 Å². The van der Waals surface area contributed by atoms with E-state index in [1.54, 1.807) is 0 Å². The molecule has 0 aromatic carbocycles. The maximum Gasteiger partial charge on any atom is 0.511 e. The van der Waals surface area contributed by atoms with Gasteiger partial charge >= 0.3 is 63.3 Å². The number of nitrogens with one attached hydrogen (secondary N) is 1. The molecule has 3 nitrogen and oxygen atoms in total. The molecule has 0 spiro atoms. The zero-order valence-corrected chi connectivity index (χ0v) is 14.6. The van der Waals surface area contributed by atoms with Gasteiger partial charge in [0.2, 0.25) is 0 Å². The van der Waals surface area contributed by atoms with Crippen LogP contribution in [0, 0.1) is 0 Å². The third-order valence-electron chi connectivity index (χ3n) is 3.29. The zero-order chi connectivity index (χ0) is 27.7. The number of sulfonamides is 1. The molecule has 0 aliphatic rings. The van der Waals surface area contributed by atoms with Crippen molar-refractivity contribution in [2.75, 3.05) is 0 Å². The van der Waals surface area contributed by atoms with E-state index in [0.717, 1.165) is 0 Å². The molecule has 0 unspecified atom stereocenters. The highest BCUT2D eigenvalue weighted by molar-refractivity contribution is 7.90. The average molecular weight is 567 g/mol. The van der Waals surface area contributed by atoms with E-state index in [1.807, 2.05) is 0 Å². The third kappa shape index (κ3) is 4.24. The zero-order valence-electron chi connectivity index (χ0n) is 13.8. The smallest absolute Gasteiger partial charge is 0.203 e. The summed E-state index contributed by atoms with van der Waals surface area (Å²) in [7, 11) is -7.91. The second kappa shape index (κ2) is 7.50. The van der Waals surface area contributed by atoms with Crippen molar-refractivity contribution in [3.8, 4) is 0 Å². The first-order valence-electron chi connectivity index (χ1n) is 6.52.